The van der Waals surface area contributed by atoms with Gasteiger partial charge in [0.25, 0.3) is 0 Å². The summed E-state index contributed by atoms with van der Waals surface area (Å²) < 4.78 is 10.6. The van der Waals surface area contributed by atoms with Gasteiger partial charge in [-0.1, -0.05) is 30.3 Å². The van der Waals surface area contributed by atoms with Crippen molar-refractivity contribution < 1.29 is 14.3 Å². The lowest BCUT2D eigenvalue weighted by atomic mass is 10.1. The van der Waals surface area contributed by atoms with Crippen LogP contribution in [0.25, 0.3) is 0 Å². The molecule has 0 saturated heterocycles. The number of carbonyl (C=O) groups is 1. The van der Waals surface area contributed by atoms with Crippen LogP contribution >= 0.6 is 0 Å². The Morgan fingerprint density at radius 3 is 2.62 bits per heavy atom. The highest BCUT2D eigenvalue weighted by atomic mass is 16.5. The van der Waals surface area contributed by atoms with Gasteiger partial charge in [0.2, 0.25) is 0 Å². The highest BCUT2D eigenvalue weighted by Crippen LogP contribution is 2.19. The first-order chi connectivity index (χ1) is 10.2. The van der Waals surface area contributed by atoms with Crippen LogP contribution in [-0.4, -0.2) is 19.2 Å². The minimum absolute atomic E-state index is 0.335. The largest absolute Gasteiger partial charge is 0.494 e. The third kappa shape index (κ3) is 4.53. The second-order valence-electron chi connectivity index (χ2n) is 4.60. The van der Waals surface area contributed by atoms with Crippen molar-refractivity contribution in [3.05, 3.63) is 59.7 Å². The molecule has 2 rings (SSSR count). The Kier molecular flexibility index (Phi) is 5.21. The molecule has 0 heterocycles. The molecule has 0 radical (unpaired) electrons. The number of benzene rings is 2. The van der Waals surface area contributed by atoms with E-state index >= 15 is 0 Å². The highest BCUT2D eigenvalue weighted by molar-refractivity contribution is 5.91. The van der Waals surface area contributed by atoms with Gasteiger partial charge < -0.3 is 15.2 Å². The molecule has 2 N–H and O–H groups in total. The molecule has 0 amide bonds. The van der Waals surface area contributed by atoms with Gasteiger partial charge in [-0.15, -0.1) is 0 Å². The quantitative estimate of drug-likeness (QED) is 0.654. The first-order valence-corrected chi connectivity index (χ1v) is 6.93. The van der Waals surface area contributed by atoms with Crippen molar-refractivity contribution in [1.29, 1.82) is 0 Å². The summed E-state index contributed by atoms with van der Waals surface area (Å²) in [5.74, 6) is 0.187. The molecule has 21 heavy (non-hydrogen) atoms. The summed E-state index contributed by atoms with van der Waals surface area (Å²) in [6.07, 6.45) is 0.688. The molecule has 0 atom stereocenters. The Bertz CT molecular complexity index is 596. The van der Waals surface area contributed by atoms with Gasteiger partial charge >= 0.3 is 5.97 Å². The predicted octanol–water partition coefficient (Wildman–Crippen LogP) is 3.07. The number of nitrogens with two attached hydrogens (primary N) is 1. The zero-order valence-corrected chi connectivity index (χ0v) is 12.0. The van der Waals surface area contributed by atoms with Gasteiger partial charge in [0.1, 0.15) is 5.75 Å². The molecule has 0 aliphatic carbocycles. The van der Waals surface area contributed by atoms with Crippen LogP contribution in [0.2, 0.25) is 0 Å². The van der Waals surface area contributed by atoms with Crippen molar-refractivity contribution in [2.75, 3.05) is 18.9 Å². The smallest absolute Gasteiger partial charge is 0.338 e. The van der Waals surface area contributed by atoms with Crippen molar-refractivity contribution in [2.45, 2.75) is 13.3 Å². The van der Waals surface area contributed by atoms with Gasteiger partial charge in [0.15, 0.2) is 0 Å². The van der Waals surface area contributed by atoms with Gasteiger partial charge in [-0.3, -0.25) is 0 Å². The third-order valence-electron chi connectivity index (χ3n) is 2.94. The molecule has 0 unspecified atom stereocenters. The molecule has 2 aromatic carbocycles. The lowest BCUT2D eigenvalue weighted by Gasteiger charge is -2.08. The summed E-state index contributed by atoms with van der Waals surface area (Å²) in [6.45, 7) is 2.73. The zero-order valence-electron chi connectivity index (χ0n) is 12.0. The fourth-order valence-electron chi connectivity index (χ4n) is 1.98. The van der Waals surface area contributed by atoms with Gasteiger partial charge in [-0.25, -0.2) is 4.79 Å². The number of anilines is 1. The molecule has 0 aliphatic rings. The molecule has 4 heteroatoms. The summed E-state index contributed by atoms with van der Waals surface area (Å²) in [5, 5.41) is 0. The summed E-state index contributed by atoms with van der Waals surface area (Å²) in [6, 6.07) is 14.8. The predicted molar refractivity (Wildman–Crippen MR) is 82.5 cm³/mol. The van der Waals surface area contributed by atoms with E-state index in [0.717, 1.165) is 5.56 Å². The molecule has 0 spiro atoms. The van der Waals surface area contributed by atoms with Gasteiger partial charge in [-0.05, 0) is 24.6 Å². The number of hydrogen-bond acceptors (Lipinski definition) is 4. The van der Waals surface area contributed by atoms with Crippen molar-refractivity contribution in [2.24, 2.45) is 0 Å². The van der Waals surface area contributed by atoms with Crippen LogP contribution in [0.15, 0.2) is 48.5 Å². The molecule has 0 bridgehead atoms. The zero-order chi connectivity index (χ0) is 15.1. The lowest BCUT2D eigenvalue weighted by molar-refractivity contribution is 0.0509. The van der Waals surface area contributed by atoms with Gasteiger partial charge in [0.05, 0.1) is 18.8 Å². The molecule has 2 aromatic rings. The average molecular weight is 285 g/mol. The van der Waals surface area contributed by atoms with E-state index in [-0.39, 0.29) is 5.97 Å². The number of ether oxygens (including phenoxy) is 2. The van der Waals surface area contributed by atoms with E-state index in [1.807, 2.05) is 37.3 Å². The Balaban J connectivity index is 1.94. The Hall–Kier alpha value is -2.49. The van der Waals surface area contributed by atoms with Crippen LogP contribution < -0.4 is 10.5 Å². The number of nitrogen functional groups attached to an aromatic ring is 1. The van der Waals surface area contributed by atoms with E-state index in [1.54, 1.807) is 18.2 Å². The van der Waals surface area contributed by atoms with Crippen LogP contribution in [0.4, 0.5) is 5.69 Å². The van der Waals surface area contributed by atoms with E-state index in [2.05, 4.69) is 0 Å². The van der Waals surface area contributed by atoms with E-state index < -0.39 is 0 Å². The standard InChI is InChI=1S/C17H19NO3/c1-2-20-16-11-14(10-15(18)12-16)17(19)21-9-8-13-6-4-3-5-7-13/h3-7,10-12H,2,8-9,18H2,1H3. The second-order valence-corrected chi connectivity index (χ2v) is 4.60. The highest BCUT2D eigenvalue weighted by Gasteiger charge is 2.10. The fraction of sp³-hybridized carbons (Fsp3) is 0.235. The molecule has 0 saturated carbocycles. The van der Waals surface area contributed by atoms with Gasteiger partial charge in [-0.2, -0.15) is 0 Å². The summed E-state index contributed by atoms with van der Waals surface area (Å²) >= 11 is 0. The SMILES string of the molecule is CCOc1cc(N)cc(C(=O)OCCc2ccccc2)c1. The third-order valence-corrected chi connectivity index (χ3v) is 2.94. The van der Waals surface area contributed by atoms with Crippen molar-refractivity contribution in [3.8, 4) is 5.75 Å². The van der Waals surface area contributed by atoms with Crippen molar-refractivity contribution >= 4 is 11.7 Å². The van der Waals surface area contributed by atoms with Crippen LogP contribution in [0.5, 0.6) is 5.75 Å². The molecule has 110 valence electrons. The molecule has 4 nitrogen and oxygen atoms in total. The van der Waals surface area contributed by atoms with Crippen LogP contribution in [0.1, 0.15) is 22.8 Å². The number of esters is 1. The second kappa shape index (κ2) is 7.33. The van der Waals surface area contributed by atoms with Crippen molar-refractivity contribution in [1.82, 2.24) is 0 Å². The Labute approximate surface area is 124 Å². The van der Waals surface area contributed by atoms with Crippen LogP contribution in [0.3, 0.4) is 0 Å². The van der Waals surface area contributed by atoms with Crippen LogP contribution in [-0.2, 0) is 11.2 Å². The summed E-state index contributed by atoms with van der Waals surface area (Å²) in [4.78, 5) is 12.0. The summed E-state index contributed by atoms with van der Waals surface area (Å²) in [7, 11) is 0. The van der Waals surface area contributed by atoms with Gasteiger partial charge in [0, 0.05) is 18.2 Å². The number of rotatable bonds is 6. The Morgan fingerprint density at radius 1 is 1.14 bits per heavy atom. The maximum atomic E-state index is 12.0. The first kappa shape index (κ1) is 14.9. The summed E-state index contributed by atoms with van der Waals surface area (Å²) in [5.41, 5.74) is 7.78. The molecular weight excluding hydrogens is 266 g/mol. The average Bonchev–Trinajstić information content (AvgIpc) is 2.48. The number of hydrogen-bond donors (Lipinski definition) is 1. The molecular formula is C17H19NO3. The minimum atomic E-state index is -0.390. The number of carbonyl (C=O) groups excluding carboxylic acids is 1. The van der Waals surface area contributed by atoms with Crippen molar-refractivity contribution in [3.63, 3.8) is 0 Å². The van der Waals surface area contributed by atoms with E-state index in [0.29, 0.717) is 36.6 Å². The van der Waals surface area contributed by atoms with E-state index in [4.69, 9.17) is 15.2 Å². The Morgan fingerprint density at radius 2 is 1.90 bits per heavy atom. The van der Waals surface area contributed by atoms with Crippen LogP contribution in [0, 0.1) is 0 Å². The fourth-order valence-corrected chi connectivity index (χ4v) is 1.98. The molecule has 0 fully saturated rings. The maximum absolute atomic E-state index is 12.0. The van der Waals surface area contributed by atoms with E-state index in [1.165, 1.54) is 0 Å². The normalized spacial score (nSPS) is 10.1. The monoisotopic (exact) mass is 285 g/mol. The first-order valence-electron chi connectivity index (χ1n) is 6.93. The topological polar surface area (TPSA) is 61.5 Å². The van der Waals surface area contributed by atoms with E-state index in [9.17, 15) is 4.79 Å². The lowest BCUT2D eigenvalue weighted by Crippen LogP contribution is -2.09. The minimum Gasteiger partial charge on any atom is -0.494 e. The maximum Gasteiger partial charge on any atom is 0.338 e. The molecule has 0 aliphatic heterocycles. The molecule has 0 aromatic heterocycles.